The number of carbonyl (C=O) groups is 4. The number of halogens is 1. The molecule has 3 fully saturated rings. The fourth-order valence-electron chi connectivity index (χ4n) is 13.8. The minimum Gasteiger partial charge on any atom is -0.507 e. The third kappa shape index (κ3) is 12.4. The topological polar surface area (TPSA) is 306 Å². The third-order valence-corrected chi connectivity index (χ3v) is 19.1. The largest absolute Gasteiger partial charge is 0.507 e. The average Bonchev–Trinajstić information content (AvgIpc) is 1.49. The summed E-state index contributed by atoms with van der Waals surface area (Å²) < 4.78 is 49.3. The van der Waals surface area contributed by atoms with E-state index in [0.717, 1.165) is 25.5 Å². The van der Waals surface area contributed by atoms with E-state index in [2.05, 4.69) is 29.2 Å². The molecule has 6 aliphatic rings. The number of aromatic hydroxyl groups is 2. The number of phenols is 2. The number of benzene rings is 3. The molecule has 92 heavy (non-hydrogen) atoms. The fourth-order valence-corrected chi connectivity index (χ4v) is 13.8. The number of amides is 2. The smallest absolute Gasteiger partial charge is 0.341 e. The van der Waals surface area contributed by atoms with Crippen LogP contribution in [0.4, 0.5) is 15.8 Å². The number of carbonyl (C=O) groups excluding carboxylic acids is 3. The molecular weight excluding hydrogens is 1190 g/mol. The molecule has 1 spiro atoms. The molecule has 10 rings (SSSR count). The summed E-state index contributed by atoms with van der Waals surface area (Å²) >= 11 is 0. The number of pyridine rings is 1. The fraction of sp³-hybridized carbons (Fsp3) is 0.552. The number of hydrogen-bond acceptors (Lipinski definition) is 20. The number of aliphatic hydroxyl groups is 2. The van der Waals surface area contributed by atoms with E-state index in [1.807, 2.05) is 0 Å². The van der Waals surface area contributed by atoms with Crippen LogP contribution >= 0.6 is 0 Å². The van der Waals surface area contributed by atoms with Crippen molar-refractivity contribution in [3.05, 3.63) is 91.8 Å². The van der Waals surface area contributed by atoms with Crippen LogP contribution in [0.25, 0.3) is 21.7 Å². The number of piperazine rings is 1. The van der Waals surface area contributed by atoms with Crippen LogP contribution in [-0.4, -0.2) is 171 Å². The molecule has 3 aromatic carbocycles. The lowest BCUT2D eigenvalue weighted by Gasteiger charge is -2.41. The first-order valence-corrected chi connectivity index (χ1v) is 31.5. The van der Waals surface area contributed by atoms with Gasteiger partial charge in [-0.3, -0.25) is 29.2 Å². The molecule has 1 saturated carbocycles. The first-order chi connectivity index (χ1) is 43.5. The van der Waals surface area contributed by atoms with Gasteiger partial charge in [0.15, 0.2) is 35.3 Å². The summed E-state index contributed by atoms with van der Waals surface area (Å²) in [6, 6.07) is 0.362. The highest BCUT2D eigenvalue weighted by atomic mass is 19.1. The molecule has 1 unspecified atom stereocenters. The Morgan fingerprint density at radius 3 is 2.25 bits per heavy atom. The Morgan fingerprint density at radius 1 is 0.924 bits per heavy atom. The molecule has 5 aliphatic heterocycles. The zero-order valence-electron chi connectivity index (χ0n) is 54.4. The number of piperidine rings is 1. The van der Waals surface area contributed by atoms with Crippen molar-refractivity contribution in [2.24, 2.45) is 44.7 Å². The summed E-state index contributed by atoms with van der Waals surface area (Å²) in [5.74, 6) is -9.11. The highest BCUT2D eigenvalue weighted by molar-refractivity contribution is 6.21. The average molecular weight is 1280 g/mol. The molecule has 1 aromatic heterocycles. The number of rotatable bonds is 11. The van der Waals surface area contributed by atoms with Gasteiger partial charge in [0, 0.05) is 132 Å². The number of oxime groups is 1. The molecule has 2 amide bonds. The van der Waals surface area contributed by atoms with Crippen molar-refractivity contribution in [1.29, 1.82) is 0 Å². The molecule has 496 valence electrons. The van der Waals surface area contributed by atoms with Gasteiger partial charge in [-0.15, -0.1) is 0 Å². The summed E-state index contributed by atoms with van der Waals surface area (Å²) in [6.45, 7) is 20.7. The van der Waals surface area contributed by atoms with Gasteiger partial charge >= 0.3 is 11.9 Å². The molecule has 2 saturated heterocycles. The number of phenolic OH excluding ortho intramolecular Hbond substituents is 2. The van der Waals surface area contributed by atoms with Crippen molar-refractivity contribution in [1.82, 2.24) is 14.4 Å². The van der Waals surface area contributed by atoms with Gasteiger partial charge in [-0.2, -0.15) is 0 Å². The van der Waals surface area contributed by atoms with E-state index in [0.29, 0.717) is 31.8 Å². The number of carboxylic acid groups (broad SMARTS) is 1. The monoisotopic (exact) mass is 1280 g/mol. The van der Waals surface area contributed by atoms with Crippen molar-refractivity contribution in [2.75, 3.05) is 70.3 Å². The van der Waals surface area contributed by atoms with Crippen LogP contribution in [0.15, 0.2) is 68.3 Å². The van der Waals surface area contributed by atoms with E-state index in [-0.39, 0.29) is 103 Å². The Morgan fingerprint density at radius 2 is 1.62 bits per heavy atom. The summed E-state index contributed by atoms with van der Waals surface area (Å²) in [5.41, 5.74) is -1.77. The molecule has 0 radical (unpaired) electrons. The molecule has 10 atom stereocenters. The maximum Gasteiger partial charge on any atom is 0.341 e. The second kappa shape index (κ2) is 26.1. The number of esters is 1. The van der Waals surface area contributed by atoms with E-state index < -0.39 is 124 Å². The minimum atomic E-state index is -1.98. The highest BCUT2D eigenvalue weighted by Gasteiger charge is 2.50. The zero-order chi connectivity index (χ0) is 66.7. The Bertz CT molecular complexity index is 3950. The second-order valence-corrected chi connectivity index (χ2v) is 26.2. The molecule has 5 bridgehead atoms. The van der Waals surface area contributed by atoms with Crippen molar-refractivity contribution in [2.45, 2.75) is 150 Å². The summed E-state index contributed by atoms with van der Waals surface area (Å²) in [5, 5.41) is 66.3. The maximum atomic E-state index is 16.5. The highest BCUT2D eigenvalue weighted by Crippen LogP contribution is 2.51. The number of aliphatic hydroxyl groups excluding tert-OH is 2. The number of ether oxygens (including phenoxy) is 5. The van der Waals surface area contributed by atoms with Gasteiger partial charge in [0.05, 0.1) is 58.9 Å². The quantitative estimate of drug-likeness (QED) is 0.0529. The van der Waals surface area contributed by atoms with Crippen LogP contribution in [0.3, 0.4) is 0 Å². The number of carboxylic acids is 1. The molecule has 4 aromatic rings. The third-order valence-electron chi connectivity index (χ3n) is 19.1. The standard InChI is InChI=1S/C67H85FN8O16/c1-32(2)28-73-22-20-67(21-23-73)70-50-47-48-57(81)39(9)61-49(47)63(72-90-31-46(78)75-25-24-74(29-35(75)5)54-44(68)27-42-53(62(54)88-13)76(41-17-18-41)30-43(58(42)82)65(85)86)66(11,92-61)89-26-19-45(87-12)36(6)60(91-40(10)77)38(8)56(80)37(7)55(79)33(3)15-14-16-34(4)64(84)69-52(59(48)83)51(50)71-67/h14-16,19,26-27,30,32-33,35-38,41,45,55-56,60,79-81,83H,17-18,20-25,28-29,31H2,1-13H3,(H,69,84)(H,85,86)/b15-14-,26-19-,34-16+,72-63-/t33-,35?,36-,37+,38+,45-,55-,56+,60-,66-/m0/s1. The second-order valence-electron chi connectivity index (χ2n) is 26.2. The number of nitrogens with one attached hydrogen (secondary N) is 1. The SMILES string of the molecule is COc1c(N2CCN(C(=O)CO/N=C3/c4c5c(C)c(O)c6c(O)c(c7c(c46)=NC4(CCN(CC(C)C)CC4)N=7)NC(=O)/C(C)=C/C=C\[C@H](C)[C@H](O)[C@@H](C)[C@@H](O)[C@@H](C)[C@@H](OC(C)=O)[C@@H](C)[C@@H](OC)/C=C\O[C@@]3(C)O5)C(C)C2)c(F)cc2c(=O)c(C(=O)O)cn(C3CC3)c12. The van der Waals surface area contributed by atoms with E-state index in [1.165, 1.54) is 40.5 Å². The maximum absolute atomic E-state index is 16.5. The number of methoxy groups -OCH3 is 2. The molecule has 1 aliphatic carbocycles. The van der Waals surface area contributed by atoms with Gasteiger partial charge in [-0.1, -0.05) is 64.9 Å². The number of hydrogen-bond donors (Lipinski definition) is 6. The lowest BCUT2D eigenvalue weighted by molar-refractivity contribution is -0.160. The van der Waals surface area contributed by atoms with E-state index in [4.69, 9.17) is 38.5 Å². The van der Waals surface area contributed by atoms with E-state index in [1.54, 1.807) is 87.1 Å². The van der Waals surface area contributed by atoms with Gasteiger partial charge in [0.1, 0.15) is 39.9 Å². The number of aromatic carboxylic acids is 1. The van der Waals surface area contributed by atoms with Crippen molar-refractivity contribution in [3.8, 4) is 23.0 Å². The minimum absolute atomic E-state index is 0.0504. The zero-order valence-corrected chi connectivity index (χ0v) is 54.4. The number of allylic oxidation sites excluding steroid dienone is 2. The van der Waals surface area contributed by atoms with Crippen LogP contribution in [0.5, 0.6) is 23.0 Å². The van der Waals surface area contributed by atoms with E-state index in [9.17, 15) is 49.5 Å². The summed E-state index contributed by atoms with van der Waals surface area (Å²) in [7, 11) is 2.81. The summed E-state index contributed by atoms with van der Waals surface area (Å²) in [4.78, 5) is 89.6. The van der Waals surface area contributed by atoms with Crippen LogP contribution in [-0.2, 0) is 33.4 Å². The van der Waals surface area contributed by atoms with Gasteiger partial charge < -0.3 is 78.6 Å². The van der Waals surface area contributed by atoms with Crippen molar-refractivity contribution >= 4 is 62.5 Å². The number of aromatic nitrogens is 1. The Balaban J connectivity index is 1.07. The van der Waals surface area contributed by atoms with Crippen molar-refractivity contribution < 1.29 is 77.6 Å². The molecule has 25 heteroatoms. The lowest BCUT2D eigenvalue weighted by Crippen LogP contribution is -2.55. The lowest BCUT2D eigenvalue weighted by atomic mass is 9.78. The van der Waals surface area contributed by atoms with Gasteiger partial charge in [-0.05, 0) is 51.7 Å². The predicted octanol–water partition coefficient (Wildman–Crippen LogP) is 6.52. The normalized spacial score (nSPS) is 28.7. The Hall–Kier alpha value is -8.13. The van der Waals surface area contributed by atoms with Crippen LogP contribution in [0.1, 0.15) is 122 Å². The number of likely N-dealkylation sites (tertiary alicyclic amines) is 1. The first-order valence-electron chi connectivity index (χ1n) is 31.5. The van der Waals surface area contributed by atoms with Gasteiger partial charge in [-0.25, -0.2) is 9.18 Å². The Kier molecular flexibility index (Phi) is 18.9. The van der Waals surface area contributed by atoms with Crippen LogP contribution in [0, 0.1) is 42.3 Å². The van der Waals surface area contributed by atoms with Crippen LogP contribution in [0.2, 0.25) is 0 Å². The van der Waals surface area contributed by atoms with Crippen molar-refractivity contribution in [3.63, 3.8) is 0 Å². The molecule has 24 nitrogen and oxygen atoms in total. The first kappa shape index (κ1) is 66.8. The van der Waals surface area contributed by atoms with Gasteiger partial charge in [0.2, 0.25) is 5.43 Å². The molecule has 6 heterocycles. The molecular formula is C67H85FN8O16. The summed E-state index contributed by atoms with van der Waals surface area (Å²) in [6.07, 6.45) is 7.28. The number of nitrogens with zero attached hydrogens (tertiary/aromatic N) is 7. The molecule has 6 N–H and O–H groups in total. The number of fused-ring (bicyclic) bond motifs is 5. The predicted molar refractivity (Wildman–Crippen MR) is 339 cm³/mol. The van der Waals surface area contributed by atoms with Crippen LogP contribution < -0.4 is 35.8 Å². The van der Waals surface area contributed by atoms with Gasteiger partial charge in [0.25, 0.3) is 17.6 Å². The number of anilines is 2. The Labute approximate surface area is 532 Å². The van der Waals surface area contributed by atoms with E-state index >= 15 is 4.39 Å².